The summed E-state index contributed by atoms with van der Waals surface area (Å²) in [7, 11) is 1.55. The number of aryl methyl sites for hydroxylation is 1. The standard InChI is InChI=1S/C27H23BrN8O4/c1-16-8-6-7-11-19(16)15-39-24-20(28)12-17(13-21(24)38-2)14-30-32-27(37)22-23(18-9-4-3-5-10-18)36(35-31-22)26-25(29)33-40-34-26/h3-14H,15H2,1-2H3,(H2,29,33)(H,32,37). The van der Waals surface area contributed by atoms with Crippen molar-refractivity contribution in [3.05, 3.63) is 93.6 Å². The second kappa shape index (κ2) is 11.8. The molecule has 0 aliphatic heterocycles. The number of anilines is 1. The number of nitrogen functional groups attached to an aromatic ring is 1. The van der Waals surface area contributed by atoms with Crippen molar-refractivity contribution in [3.63, 3.8) is 0 Å². The van der Waals surface area contributed by atoms with Crippen LogP contribution in [-0.2, 0) is 6.61 Å². The number of nitrogens with two attached hydrogens (primary N) is 1. The molecule has 40 heavy (non-hydrogen) atoms. The lowest BCUT2D eigenvalue weighted by atomic mass is 10.1. The lowest BCUT2D eigenvalue weighted by molar-refractivity contribution is 0.0950. The maximum atomic E-state index is 13.1. The molecule has 2 aromatic heterocycles. The molecule has 0 spiro atoms. The Kier molecular flexibility index (Phi) is 7.82. The third-order valence-corrected chi connectivity index (χ3v) is 6.48. The highest BCUT2D eigenvalue weighted by atomic mass is 79.9. The van der Waals surface area contributed by atoms with E-state index in [0.717, 1.165) is 11.1 Å². The smallest absolute Gasteiger partial charge is 0.294 e. The summed E-state index contributed by atoms with van der Waals surface area (Å²) in [6.45, 7) is 2.41. The fraction of sp³-hybridized carbons (Fsp3) is 0.111. The molecule has 0 unspecified atom stereocenters. The second-order valence-electron chi connectivity index (χ2n) is 8.49. The van der Waals surface area contributed by atoms with Crippen LogP contribution < -0.4 is 20.6 Å². The predicted octanol–water partition coefficient (Wildman–Crippen LogP) is 4.32. The first-order valence-electron chi connectivity index (χ1n) is 11.9. The van der Waals surface area contributed by atoms with E-state index < -0.39 is 5.91 Å². The van der Waals surface area contributed by atoms with E-state index in [2.05, 4.69) is 47.1 Å². The van der Waals surface area contributed by atoms with Gasteiger partial charge in [-0.3, -0.25) is 4.79 Å². The molecule has 0 aliphatic rings. The van der Waals surface area contributed by atoms with Crippen LogP contribution >= 0.6 is 15.9 Å². The maximum absolute atomic E-state index is 13.1. The third-order valence-electron chi connectivity index (χ3n) is 5.89. The van der Waals surface area contributed by atoms with Crippen molar-refractivity contribution in [3.8, 4) is 28.6 Å². The van der Waals surface area contributed by atoms with E-state index in [0.29, 0.717) is 39.4 Å². The van der Waals surface area contributed by atoms with Gasteiger partial charge in [0, 0.05) is 5.56 Å². The Morgan fingerprint density at radius 1 is 1.15 bits per heavy atom. The quantitative estimate of drug-likeness (QED) is 0.185. The van der Waals surface area contributed by atoms with Gasteiger partial charge in [0.15, 0.2) is 17.2 Å². The van der Waals surface area contributed by atoms with Crippen molar-refractivity contribution in [1.29, 1.82) is 0 Å². The van der Waals surface area contributed by atoms with Gasteiger partial charge in [-0.15, -0.1) is 5.10 Å². The molecule has 5 aromatic rings. The molecule has 0 saturated carbocycles. The monoisotopic (exact) mass is 602 g/mol. The third kappa shape index (κ3) is 5.54. The largest absolute Gasteiger partial charge is 0.493 e. The summed E-state index contributed by atoms with van der Waals surface area (Å²) in [4.78, 5) is 13.1. The maximum Gasteiger partial charge on any atom is 0.294 e. The van der Waals surface area contributed by atoms with Crippen LogP contribution in [0.1, 0.15) is 27.2 Å². The van der Waals surface area contributed by atoms with Crippen molar-refractivity contribution >= 4 is 33.9 Å². The van der Waals surface area contributed by atoms with Crippen LogP contribution in [0.15, 0.2) is 80.9 Å². The zero-order chi connectivity index (χ0) is 28.1. The summed E-state index contributed by atoms with van der Waals surface area (Å²) in [5, 5.41) is 19.5. The molecule has 3 N–H and O–H groups in total. The van der Waals surface area contributed by atoms with Crippen molar-refractivity contribution in [1.82, 2.24) is 30.7 Å². The molecule has 0 atom stereocenters. The number of hydrogen-bond donors (Lipinski definition) is 2. The highest BCUT2D eigenvalue weighted by molar-refractivity contribution is 9.10. The Morgan fingerprint density at radius 3 is 2.65 bits per heavy atom. The Hall–Kier alpha value is -5.04. The van der Waals surface area contributed by atoms with Gasteiger partial charge >= 0.3 is 0 Å². The first-order valence-corrected chi connectivity index (χ1v) is 12.7. The van der Waals surface area contributed by atoms with Gasteiger partial charge in [-0.1, -0.05) is 59.8 Å². The molecule has 12 nitrogen and oxygen atoms in total. The number of rotatable bonds is 9. The van der Waals surface area contributed by atoms with Gasteiger partial charge in [-0.25, -0.2) is 10.1 Å². The van der Waals surface area contributed by atoms with Gasteiger partial charge in [0.2, 0.25) is 11.6 Å². The molecule has 1 amide bonds. The van der Waals surface area contributed by atoms with Crippen LogP contribution in [0.25, 0.3) is 17.1 Å². The molecular formula is C27H23BrN8O4. The first kappa shape index (κ1) is 26.6. The lowest BCUT2D eigenvalue weighted by Gasteiger charge is -2.14. The Morgan fingerprint density at radius 2 is 1.93 bits per heavy atom. The van der Waals surface area contributed by atoms with E-state index >= 15 is 0 Å². The van der Waals surface area contributed by atoms with Crippen molar-refractivity contribution in [2.45, 2.75) is 13.5 Å². The Bertz CT molecular complexity index is 1680. The highest BCUT2D eigenvalue weighted by Gasteiger charge is 2.25. The number of methoxy groups -OCH3 is 1. The number of aromatic nitrogens is 5. The van der Waals surface area contributed by atoms with E-state index in [9.17, 15) is 4.79 Å². The average Bonchev–Trinajstić information content (AvgIpc) is 3.59. The molecular weight excluding hydrogens is 580 g/mol. The van der Waals surface area contributed by atoms with Gasteiger partial charge in [-0.05, 0) is 62.0 Å². The number of benzene rings is 3. The van der Waals surface area contributed by atoms with Crippen molar-refractivity contribution in [2.24, 2.45) is 5.10 Å². The predicted molar refractivity (Wildman–Crippen MR) is 150 cm³/mol. The zero-order valence-corrected chi connectivity index (χ0v) is 23.0. The highest BCUT2D eigenvalue weighted by Crippen LogP contribution is 2.37. The van der Waals surface area contributed by atoms with E-state index in [-0.39, 0.29) is 17.3 Å². The summed E-state index contributed by atoms with van der Waals surface area (Å²) in [6, 6.07) is 20.6. The second-order valence-corrected chi connectivity index (χ2v) is 9.34. The molecule has 0 radical (unpaired) electrons. The van der Waals surface area contributed by atoms with Gasteiger partial charge < -0.3 is 15.2 Å². The minimum Gasteiger partial charge on any atom is -0.493 e. The first-order chi connectivity index (χ1) is 19.5. The van der Waals surface area contributed by atoms with Gasteiger partial charge in [0.25, 0.3) is 5.91 Å². The van der Waals surface area contributed by atoms with Crippen LogP contribution in [0.3, 0.4) is 0 Å². The fourth-order valence-corrected chi connectivity index (χ4v) is 4.44. The van der Waals surface area contributed by atoms with Crippen LogP contribution in [0, 0.1) is 6.92 Å². The molecule has 3 aromatic carbocycles. The van der Waals surface area contributed by atoms with E-state index in [1.165, 1.54) is 10.9 Å². The topological polar surface area (TPSA) is 156 Å². The SMILES string of the molecule is COc1cc(C=NNC(=O)c2nnn(-c3nonc3N)c2-c2ccccc2)cc(Br)c1OCc1ccccc1C. The molecule has 5 rings (SSSR count). The van der Waals surface area contributed by atoms with Crippen LogP contribution in [0.4, 0.5) is 5.82 Å². The number of carbonyl (C=O) groups excluding carboxylic acids is 1. The number of hydrogen-bond acceptors (Lipinski definition) is 10. The minimum absolute atomic E-state index is 0.00193. The molecule has 0 fully saturated rings. The zero-order valence-electron chi connectivity index (χ0n) is 21.4. The normalized spacial score (nSPS) is 11.1. The van der Waals surface area contributed by atoms with Crippen LogP contribution in [0.5, 0.6) is 11.5 Å². The summed E-state index contributed by atoms with van der Waals surface area (Å²) in [6.07, 6.45) is 1.47. The van der Waals surface area contributed by atoms with Crippen LogP contribution in [0.2, 0.25) is 0 Å². The number of carbonyl (C=O) groups is 1. The number of halogens is 1. The van der Waals surface area contributed by atoms with E-state index in [1.54, 1.807) is 31.4 Å². The Balaban J connectivity index is 1.35. The molecule has 0 aliphatic carbocycles. The summed E-state index contributed by atoms with van der Waals surface area (Å²) >= 11 is 3.55. The minimum atomic E-state index is -0.597. The van der Waals surface area contributed by atoms with E-state index in [4.69, 9.17) is 19.8 Å². The van der Waals surface area contributed by atoms with Crippen LogP contribution in [-0.4, -0.2) is 44.5 Å². The molecule has 0 saturated heterocycles. The summed E-state index contributed by atoms with van der Waals surface area (Å²) in [5.41, 5.74) is 12.2. The van der Waals surface area contributed by atoms with Crippen molar-refractivity contribution < 1.29 is 18.9 Å². The van der Waals surface area contributed by atoms with E-state index in [1.807, 2.05) is 49.4 Å². The summed E-state index contributed by atoms with van der Waals surface area (Å²) in [5.74, 6) is 0.565. The van der Waals surface area contributed by atoms with Crippen molar-refractivity contribution in [2.75, 3.05) is 12.8 Å². The lowest BCUT2D eigenvalue weighted by Crippen LogP contribution is -2.19. The van der Waals surface area contributed by atoms with Gasteiger partial charge in [0.05, 0.1) is 17.8 Å². The number of hydrazone groups is 1. The number of amides is 1. The van der Waals surface area contributed by atoms with Gasteiger partial charge in [0.1, 0.15) is 12.3 Å². The molecule has 2 heterocycles. The molecule has 13 heteroatoms. The summed E-state index contributed by atoms with van der Waals surface area (Å²) < 4.78 is 18.2. The fourth-order valence-electron chi connectivity index (χ4n) is 3.87. The van der Waals surface area contributed by atoms with Gasteiger partial charge in [-0.2, -0.15) is 9.78 Å². The number of nitrogens with one attached hydrogen (secondary N) is 1. The number of nitrogens with zero attached hydrogens (tertiary/aromatic N) is 6. The number of ether oxygens (including phenoxy) is 2. The molecule has 0 bridgehead atoms. The Labute approximate surface area is 236 Å². The average molecular weight is 603 g/mol. The molecule has 202 valence electrons.